The van der Waals surface area contributed by atoms with Crippen LogP contribution in [0.3, 0.4) is 0 Å². The summed E-state index contributed by atoms with van der Waals surface area (Å²) in [6.45, 7) is 6.52. The molecule has 1 aliphatic heterocycles. The highest BCUT2D eigenvalue weighted by molar-refractivity contribution is 5.92. The SMILES string of the molecule is CC(C)c1cccc(N(C)C(=O)CCC2CCNC2)c1. The van der Waals surface area contributed by atoms with Crippen molar-refractivity contribution < 1.29 is 4.79 Å². The zero-order chi connectivity index (χ0) is 14.5. The molecule has 3 nitrogen and oxygen atoms in total. The molecular formula is C17H26N2O. The second-order valence-electron chi connectivity index (χ2n) is 6.10. The summed E-state index contributed by atoms with van der Waals surface area (Å²) in [5.41, 5.74) is 2.29. The third-order valence-corrected chi connectivity index (χ3v) is 4.23. The Kier molecular flexibility index (Phi) is 5.18. The summed E-state index contributed by atoms with van der Waals surface area (Å²) in [7, 11) is 1.88. The summed E-state index contributed by atoms with van der Waals surface area (Å²) in [6, 6.07) is 8.30. The minimum atomic E-state index is 0.220. The Morgan fingerprint density at radius 2 is 2.25 bits per heavy atom. The molecule has 0 aliphatic carbocycles. The molecule has 0 spiro atoms. The topological polar surface area (TPSA) is 32.3 Å². The van der Waals surface area contributed by atoms with E-state index in [-0.39, 0.29) is 5.91 Å². The molecule has 1 aromatic carbocycles. The van der Waals surface area contributed by atoms with Crippen LogP contribution in [0.25, 0.3) is 0 Å². The minimum Gasteiger partial charge on any atom is -0.316 e. The first-order valence-corrected chi connectivity index (χ1v) is 7.65. The van der Waals surface area contributed by atoms with Crippen LogP contribution in [0.4, 0.5) is 5.69 Å². The Labute approximate surface area is 122 Å². The minimum absolute atomic E-state index is 0.220. The van der Waals surface area contributed by atoms with Crippen LogP contribution >= 0.6 is 0 Å². The first-order valence-electron chi connectivity index (χ1n) is 7.65. The maximum atomic E-state index is 12.3. The predicted molar refractivity (Wildman–Crippen MR) is 84.2 cm³/mol. The van der Waals surface area contributed by atoms with Gasteiger partial charge in [-0.15, -0.1) is 0 Å². The molecule has 1 aliphatic rings. The first-order chi connectivity index (χ1) is 9.58. The molecular weight excluding hydrogens is 248 g/mol. The van der Waals surface area contributed by atoms with Crippen LogP contribution in [0, 0.1) is 5.92 Å². The standard InChI is InChI=1S/C17H26N2O/c1-13(2)15-5-4-6-16(11-15)19(3)17(20)8-7-14-9-10-18-12-14/h4-6,11,13-14,18H,7-10,12H2,1-3H3. The zero-order valence-corrected chi connectivity index (χ0v) is 12.9. The van der Waals surface area contributed by atoms with Gasteiger partial charge in [-0.2, -0.15) is 0 Å². The summed E-state index contributed by atoms with van der Waals surface area (Å²) in [5.74, 6) is 1.38. The molecule has 1 heterocycles. The van der Waals surface area contributed by atoms with Crippen molar-refractivity contribution in [2.24, 2.45) is 5.92 Å². The molecule has 1 amide bonds. The fourth-order valence-electron chi connectivity index (χ4n) is 2.69. The molecule has 0 bridgehead atoms. The summed E-state index contributed by atoms with van der Waals surface area (Å²) in [5, 5.41) is 3.35. The van der Waals surface area contributed by atoms with Gasteiger partial charge in [0.15, 0.2) is 0 Å². The number of hydrogen-bond donors (Lipinski definition) is 1. The van der Waals surface area contributed by atoms with Crippen molar-refractivity contribution in [1.29, 1.82) is 0 Å². The maximum absolute atomic E-state index is 12.3. The fraction of sp³-hybridized carbons (Fsp3) is 0.588. The van der Waals surface area contributed by atoms with Gasteiger partial charge in [0.1, 0.15) is 0 Å². The number of carbonyl (C=O) groups is 1. The van der Waals surface area contributed by atoms with Crippen LogP contribution in [-0.4, -0.2) is 26.0 Å². The molecule has 3 heteroatoms. The summed E-state index contributed by atoms with van der Waals surface area (Å²) in [6.07, 6.45) is 2.86. The van der Waals surface area contributed by atoms with Crippen molar-refractivity contribution in [3.05, 3.63) is 29.8 Å². The van der Waals surface area contributed by atoms with Gasteiger partial charge < -0.3 is 10.2 Å². The number of carbonyl (C=O) groups excluding carboxylic acids is 1. The van der Waals surface area contributed by atoms with Gasteiger partial charge in [-0.3, -0.25) is 4.79 Å². The lowest BCUT2D eigenvalue weighted by molar-refractivity contribution is -0.118. The normalized spacial score (nSPS) is 18.5. The van der Waals surface area contributed by atoms with Crippen molar-refractivity contribution in [2.75, 3.05) is 25.0 Å². The van der Waals surface area contributed by atoms with Gasteiger partial charge in [0.2, 0.25) is 5.91 Å². The highest BCUT2D eigenvalue weighted by Gasteiger charge is 2.18. The molecule has 1 N–H and O–H groups in total. The third kappa shape index (κ3) is 3.83. The van der Waals surface area contributed by atoms with Gasteiger partial charge in [0.25, 0.3) is 0 Å². The molecule has 0 aromatic heterocycles. The van der Waals surface area contributed by atoms with E-state index in [1.165, 1.54) is 12.0 Å². The molecule has 1 aromatic rings. The Morgan fingerprint density at radius 1 is 1.45 bits per heavy atom. The Balaban J connectivity index is 1.93. The van der Waals surface area contributed by atoms with E-state index in [0.717, 1.165) is 25.2 Å². The number of rotatable bonds is 5. The lowest BCUT2D eigenvalue weighted by atomic mass is 10.0. The lowest BCUT2D eigenvalue weighted by Gasteiger charge is -2.19. The van der Waals surface area contributed by atoms with Gasteiger partial charge >= 0.3 is 0 Å². The van der Waals surface area contributed by atoms with Gasteiger partial charge in [-0.05, 0) is 55.5 Å². The van der Waals surface area contributed by atoms with Crippen LogP contribution in [0.15, 0.2) is 24.3 Å². The van der Waals surface area contributed by atoms with Crippen molar-refractivity contribution in [2.45, 2.75) is 39.0 Å². The van der Waals surface area contributed by atoms with E-state index >= 15 is 0 Å². The van der Waals surface area contributed by atoms with Crippen molar-refractivity contribution in [3.63, 3.8) is 0 Å². The number of anilines is 1. The number of nitrogens with zero attached hydrogens (tertiary/aromatic N) is 1. The highest BCUT2D eigenvalue weighted by Crippen LogP contribution is 2.22. The molecule has 1 saturated heterocycles. The van der Waals surface area contributed by atoms with Gasteiger partial charge in [-0.1, -0.05) is 26.0 Å². The molecule has 0 saturated carbocycles. The van der Waals surface area contributed by atoms with Gasteiger partial charge in [-0.25, -0.2) is 0 Å². The molecule has 110 valence electrons. The summed E-state index contributed by atoms with van der Waals surface area (Å²) >= 11 is 0. The van der Waals surface area contributed by atoms with E-state index in [2.05, 4.69) is 31.3 Å². The third-order valence-electron chi connectivity index (χ3n) is 4.23. The Bertz CT molecular complexity index is 450. The molecule has 1 unspecified atom stereocenters. The summed E-state index contributed by atoms with van der Waals surface area (Å²) < 4.78 is 0. The van der Waals surface area contributed by atoms with Gasteiger partial charge in [0.05, 0.1) is 0 Å². The van der Waals surface area contributed by atoms with E-state index in [1.54, 1.807) is 4.90 Å². The number of nitrogens with one attached hydrogen (secondary N) is 1. The van der Waals surface area contributed by atoms with Gasteiger partial charge in [0, 0.05) is 19.2 Å². The lowest BCUT2D eigenvalue weighted by Crippen LogP contribution is -2.26. The van der Waals surface area contributed by atoms with E-state index < -0.39 is 0 Å². The van der Waals surface area contributed by atoms with E-state index in [9.17, 15) is 4.79 Å². The number of hydrogen-bond acceptors (Lipinski definition) is 2. The van der Waals surface area contributed by atoms with Crippen LogP contribution < -0.4 is 10.2 Å². The molecule has 1 atom stereocenters. The second kappa shape index (κ2) is 6.89. The van der Waals surface area contributed by atoms with E-state index in [4.69, 9.17) is 0 Å². The number of amides is 1. The van der Waals surface area contributed by atoms with Crippen molar-refractivity contribution in [3.8, 4) is 0 Å². The van der Waals surface area contributed by atoms with Crippen molar-refractivity contribution >= 4 is 11.6 Å². The molecule has 1 fully saturated rings. The highest BCUT2D eigenvalue weighted by atomic mass is 16.2. The zero-order valence-electron chi connectivity index (χ0n) is 12.9. The second-order valence-corrected chi connectivity index (χ2v) is 6.10. The van der Waals surface area contributed by atoms with E-state index in [1.807, 2.05) is 19.2 Å². The Hall–Kier alpha value is -1.35. The summed E-state index contributed by atoms with van der Waals surface area (Å²) in [4.78, 5) is 14.1. The number of benzene rings is 1. The van der Waals surface area contributed by atoms with Crippen LogP contribution in [-0.2, 0) is 4.79 Å². The smallest absolute Gasteiger partial charge is 0.226 e. The largest absolute Gasteiger partial charge is 0.316 e. The predicted octanol–water partition coefficient (Wildman–Crippen LogP) is 3.16. The average molecular weight is 274 g/mol. The average Bonchev–Trinajstić information content (AvgIpc) is 2.97. The van der Waals surface area contributed by atoms with Crippen LogP contribution in [0.2, 0.25) is 0 Å². The fourth-order valence-corrected chi connectivity index (χ4v) is 2.69. The maximum Gasteiger partial charge on any atom is 0.226 e. The Morgan fingerprint density at radius 3 is 2.90 bits per heavy atom. The quantitative estimate of drug-likeness (QED) is 0.894. The molecule has 20 heavy (non-hydrogen) atoms. The van der Waals surface area contributed by atoms with Crippen LogP contribution in [0.1, 0.15) is 44.6 Å². The van der Waals surface area contributed by atoms with E-state index in [0.29, 0.717) is 18.3 Å². The van der Waals surface area contributed by atoms with Crippen molar-refractivity contribution in [1.82, 2.24) is 5.32 Å². The van der Waals surface area contributed by atoms with Crippen LogP contribution in [0.5, 0.6) is 0 Å². The molecule has 0 radical (unpaired) electrons. The monoisotopic (exact) mass is 274 g/mol. The first kappa shape index (κ1) is 15.0. The molecule has 2 rings (SSSR count).